The average Bonchev–Trinajstić information content (AvgIpc) is 2.61. The molecule has 3 nitrogen and oxygen atoms in total. The van der Waals surface area contributed by atoms with Crippen molar-refractivity contribution in [3.8, 4) is 5.75 Å². The molecule has 1 amide bonds. The topological polar surface area (TPSA) is 29.5 Å². The maximum atomic E-state index is 12.4. The third-order valence-electron chi connectivity index (χ3n) is 5.28. The minimum atomic E-state index is -4.78. The molecule has 0 radical (unpaired) electrons. The number of halogens is 3. The van der Waals surface area contributed by atoms with Crippen LogP contribution < -0.4 is 4.74 Å². The van der Waals surface area contributed by atoms with Gasteiger partial charge in [-0.2, -0.15) is 13.2 Å². The fourth-order valence-corrected chi connectivity index (χ4v) is 4.74. The summed E-state index contributed by atoms with van der Waals surface area (Å²) in [6.45, 7) is 0.362. The van der Waals surface area contributed by atoms with E-state index in [1.165, 1.54) is 5.56 Å². The molecule has 1 aliphatic heterocycles. The van der Waals surface area contributed by atoms with Gasteiger partial charge in [0.25, 0.3) is 0 Å². The van der Waals surface area contributed by atoms with Gasteiger partial charge in [0.15, 0.2) is 0 Å². The Hall–Kier alpha value is -2.15. The molecule has 28 heavy (non-hydrogen) atoms. The minimum absolute atomic E-state index is 0.00552. The summed E-state index contributed by atoms with van der Waals surface area (Å²) >= 11 is 1.75. The standard InChI is InChI=1S/C21H20F3NO2S/c22-21(23,24)19(26)25-13-20(14-25)10-17(11-20)27-16-6-8-18(9-7-16)28-12-15-4-2-1-3-5-15/h1-9,17H,10-14H2. The van der Waals surface area contributed by atoms with E-state index < -0.39 is 12.1 Å². The van der Waals surface area contributed by atoms with Gasteiger partial charge in [0.1, 0.15) is 11.9 Å². The van der Waals surface area contributed by atoms with Gasteiger partial charge in [-0.1, -0.05) is 30.3 Å². The Morgan fingerprint density at radius 3 is 2.32 bits per heavy atom. The number of carbonyl (C=O) groups is 1. The maximum Gasteiger partial charge on any atom is 0.471 e. The van der Waals surface area contributed by atoms with Crippen LogP contribution in [0.2, 0.25) is 0 Å². The molecule has 0 aromatic heterocycles. The predicted octanol–water partition coefficient (Wildman–Crippen LogP) is 4.91. The van der Waals surface area contributed by atoms with E-state index >= 15 is 0 Å². The van der Waals surface area contributed by atoms with Crippen molar-refractivity contribution in [1.29, 1.82) is 0 Å². The van der Waals surface area contributed by atoms with E-state index in [4.69, 9.17) is 4.74 Å². The number of nitrogens with zero attached hydrogens (tertiary/aromatic N) is 1. The fourth-order valence-electron chi connectivity index (χ4n) is 3.88. The van der Waals surface area contributed by atoms with Crippen LogP contribution in [0, 0.1) is 5.41 Å². The highest BCUT2D eigenvalue weighted by Crippen LogP contribution is 2.50. The normalized spacial score (nSPS) is 18.5. The molecule has 148 valence electrons. The van der Waals surface area contributed by atoms with Crippen LogP contribution in [0.5, 0.6) is 5.75 Å². The van der Waals surface area contributed by atoms with E-state index in [2.05, 4.69) is 12.1 Å². The molecule has 1 saturated heterocycles. The van der Waals surface area contributed by atoms with Gasteiger partial charge in [-0.3, -0.25) is 4.79 Å². The number of alkyl halides is 3. The first-order valence-corrected chi connectivity index (χ1v) is 10.1. The lowest BCUT2D eigenvalue weighted by Crippen LogP contribution is -2.67. The number of amides is 1. The molecule has 2 aromatic rings. The summed E-state index contributed by atoms with van der Waals surface area (Å²) in [6.07, 6.45) is -3.38. The van der Waals surface area contributed by atoms with E-state index in [0.717, 1.165) is 21.3 Å². The third-order valence-corrected chi connectivity index (χ3v) is 6.36. The lowest BCUT2D eigenvalue weighted by Gasteiger charge is -2.58. The van der Waals surface area contributed by atoms with Crippen molar-refractivity contribution in [2.75, 3.05) is 13.1 Å². The summed E-state index contributed by atoms with van der Waals surface area (Å²) in [5, 5.41) is 0. The molecule has 4 rings (SSSR count). The Kier molecular flexibility index (Phi) is 5.04. The number of ether oxygens (including phenoxy) is 1. The molecule has 0 atom stereocenters. The molecule has 2 fully saturated rings. The van der Waals surface area contributed by atoms with Crippen molar-refractivity contribution in [2.24, 2.45) is 5.41 Å². The first-order chi connectivity index (χ1) is 13.3. The van der Waals surface area contributed by atoms with Crippen molar-refractivity contribution in [3.63, 3.8) is 0 Å². The summed E-state index contributed by atoms with van der Waals surface area (Å²) in [4.78, 5) is 13.2. The van der Waals surface area contributed by atoms with Crippen molar-refractivity contribution < 1.29 is 22.7 Å². The number of hydrogen-bond donors (Lipinski definition) is 0. The Morgan fingerprint density at radius 1 is 1.07 bits per heavy atom. The smallest absolute Gasteiger partial charge is 0.471 e. The van der Waals surface area contributed by atoms with E-state index in [1.54, 1.807) is 11.8 Å². The van der Waals surface area contributed by atoms with Crippen LogP contribution >= 0.6 is 11.8 Å². The molecule has 2 aliphatic rings. The summed E-state index contributed by atoms with van der Waals surface area (Å²) in [5.74, 6) is -0.0585. The number of benzene rings is 2. The van der Waals surface area contributed by atoms with Crippen LogP contribution in [0.4, 0.5) is 13.2 Å². The monoisotopic (exact) mass is 407 g/mol. The van der Waals surface area contributed by atoms with Gasteiger partial charge in [-0.05, 0) is 42.7 Å². The van der Waals surface area contributed by atoms with E-state index in [-0.39, 0.29) is 24.6 Å². The summed E-state index contributed by atoms with van der Waals surface area (Å²) in [5.41, 5.74) is 1.09. The number of carbonyl (C=O) groups excluding carboxylic acids is 1. The van der Waals surface area contributed by atoms with Gasteiger partial charge in [0.2, 0.25) is 0 Å². The Labute approximate surface area is 165 Å². The molecule has 1 aliphatic carbocycles. The number of likely N-dealkylation sites (tertiary alicyclic amines) is 1. The summed E-state index contributed by atoms with van der Waals surface area (Å²) in [6, 6.07) is 18.1. The van der Waals surface area contributed by atoms with Crippen molar-refractivity contribution in [2.45, 2.75) is 35.8 Å². The van der Waals surface area contributed by atoms with Gasteiger partial charge in [0, 0.05) is 29.2 Å². The second-order valence-corrected chi connectivity index (χ2v) is 8.60. The Morgan fingerprint density at radius 2 is 1.71 bits per heavy atom. The second-order valence-electron chi connectivity index (χ2n) is 7.55. The molecule has 1 spiro atoms. The second kappa shape index (κ2) is 7.35. The van der Waals surface area contributed by atoms with Crippen LogP contribution in [-0.4, -0.2) is 36.2 Å². The molecular formula is C21H20F3NO2S. The minimum Gasteiger partial charge on any atom is -0.490 e. The van der Waals surface area contributed by atoms with Crippen molar-refractivity contribution in [1.82, 2.24) is 4.90 Å². The van der Waals surface area contributed by atoms with Crippen molar-refractivity contribution in [3.05, 3.63) is 60.2 Å². The molecular weight excluding hydrogens is 387 g/mol. The van der Waals surface area contributed by atoms with E-state index in [1.807, 2.05) is 42.5 Å². The highest BCUT2D eigenvalue weighted by atomic mass is 32.2. The summed E-state index contributed by atoms with van der Waals surface area (Å²) in [7, 11) is 0. The van der Waals surface area contributed by atoms with Crippen LogP contribution in [0.25, 0.3) is 0 Å². The summed E-state index contributed by atoms with van der Waals surface area (Å²) < 4.78 is 43.2. The molecule has 0 unspecified atom stereocenters. The van der Waals surface area contributed by atoms with Crippen LogP contribution in [0.3, 0.4) is 0 Å². The lowest BCUT2D eigenvalue weighted by atomic mass is 9.61. The molecule has 1 heterocycles. The zero-order valence-electron chi connectivity index (χ0n) is 15.1. The molecule has 0 bridgehead atoms. The first kappa shape index (κ1) is 19.2. The number of rotatable bonds is 5. The molecule has 0 N–H and O–H groups in total. The first-order valence-electron chi connectivity index (χ1n) is 9.13. The van der Waals surface area contributed by atoms with Crippen LogP contribution in [-0.2, 0) is 10.5 Å². The van der Waals surface area contributed by atoms with Gasteiger partial charge in [0.05, 0.1) is 0 Å². The Bertz CT molecular complexity index is 825. The van der Waals surface area contributed by atoms with Crippen LogP contribution in [0.15, 0.2) is 59.5 Å². The third kappa shape index (κ3) is 4.14. The van der Waals surface area contributed by atoms with E-state index in [9.17, 15) is 18.0 Å². The van der Waals surface area contributed by atoms with Gasteiger partial charge in [-0.25, -0.2) is 0 Å². The van der Waals surface area contributed by atoms with Gasteiger partial charge in [-0.15, -0.1) is 11.8 Å². The van der Waals surface area contributed by atoms with E-state index in [0.29, 0.717) is 12.8 Å². The van der Waals surface area contributed by atoms with Gasteiger partial charge < -0.3 is 9.64 Å². The van der Waals surface area contributed by atoms with Gasteiger partial charge >= 0.3 is 12.1 Å². The highest BCUT2D eigenvalue weighted by molar-refractivity contribution is 7.98. The fraction of sp³-hybridized carbons (Fsp3) is 0.381. The largest absolute Gasteiger partial charge is 0.490 e. The lowest BCUT2D eigenvalue weighted by molar-refractivity contribution is -0.205. The van der Waals surface area contributed by atoms with Crippen LogP contribution in [0.1, 0.15) is 18.4 Å². The predicted molar refractivity (Wildman–Crippen MR) is 101 cm³/mol. The average molecular weight is 407 g/mol. The Balaban J connectivity index is 1.21. The number of thioether (sulfide) groups is 1. The zero-order chi connectivity index (χ0) is 19.8. The molecule has 7 heteroatoms. The SMILES string of the molecule is O=C(N1CC2(CC(Oc3ccc(SCc4ccccc4)cc3)C2)C1)C(F)(F)F. The maximum absolute atomic E-state index is 12.4. The molecule has 1 saturated carbocycles. The zero-order valence-corrected chi connectivity index (χ0v) is 15.9. The molecule has 2 aromatic carbocycles. The quantitative estimate of drug-likeness (QED) is 0.660. The van der Waals surface area contributed by atoms with Crippen molar-refractivity contribution >= 4 is 17.7 Å². The number of hydrogen-bond acceptors (Lipinski definition) is 3. The highest BCUT2D eigenvalue weighted by Gasteiger charge is 2.58.